The zero-order chi connectivity index (χ0) is 15.6. The van der Waals surface area contributed by atoms with Crippen LogP contribution in [0.4, 0.5) is 0 Å². The molecule has 0 aliphatic carbocycles. The molecule has 116 valence electrons. The van der Waals surface area contributed by atoms with Crippen LogP contribution in [0.1, 0.15) is 36.6 Å². The van der Waals surface area contributed by atoms with Crippen LogP contribution in [0.15, 0.2) is 54.6 Å². The fourth-order valence-corrected chi connectivity index (χ4v) is 3.39. The normalized spacial score (nSPS) is 21.7. The minimum absolute atomic E-state index is 0.162. The molecule has 1 saturated heterocycles. The first-order chi connectivity index (χ1) is 10.5. The maximum atomic E-state index is 3.69. The molecule has 0 radical (unpaired) electrons. The lowest BCUT2D eigenvalue weighted by atomic mass is 9.94. The van der Waals surface area contributed by atoms with Gasteiger partial charge in [0.05, 0.1) is 0 Å². The summed E-state index contributed by atoms with van der Waals surface area (Å²) in [6.07, 6.45) is 0. The largest absolute Gasteiger partial charge is 0.309 e. The van der Waals surface area contributed by atoms with Gasteiger partial charge in [-0.15, -0.1) is 0 Å². The maximum absolute atomic E-state index is 3.69. The lowest BCUT2D eigenvalue weighted by Gasteiger charge is -2.45. The summed E-state index contributed by atoms with van der Waals surface area (Å²) >= 11 is 0. The second-order valence-corrected chi connectivity index (χ2v) is 7.09. The molecular weight excluding hydrogens is 268 g/mol. The molecule has 0 spiro atoms. The van der Waals surface area contributed by atoms with E-state index in [4.69, 9.17) is 0 Å². The standard InChI is InChI=1S/C20H26N2/c1-16-8-7-9-17(12-16)14-22-15-20(2,3)21-13-19(22)18-10-5-4-6-11-18/h4-12,19,21H,13-15H2,1-3H3. The monoisotopic (exact) mass is 294 g/mol. The summed E-state index contributed by atoms with van der Waals surface area (Å²) in [5.74, 6) is 0. The molecule has 1 N–H and O–H groups in total. The van der Waals surface area contributed by atoms with Crippen molar-refractivity contribution in [2.75, 3.05) is 13.1 Å². The Labute approximate surface area is 134 Å². The minimum Gasteiger partial charge on any atom is -0.309 e. The molecule has 3 rings (SSSR count). The summed E-state index contributed by atoms with van der Waals surface area (Å²) in [4.78, 5) is 2.61. The Morgan fingerprint density at radius 2 is 1.86 bits per heavy atom. The third-order valence-corrected chi connectivity index (χ3v) is 4.47. The van der Waals surface area contributed by atoms with E-state index in [1.165, 1.54) is 16.7 Å². The first kappa shape index (κ1) is 15.3. The van der Waals surface area contributed by atoms with Crippen LogP contribution in [0.2, 0.25) is 0 Å². The van der Waals surface area contributed by atoms with Crippen LogP contribution in [0.3, 0.4) is 0 Å². The molecular formula is C20H26N2. The van der Waals surface area contributed by atoms with Crippen molar-refractivity contribution >= 4 is 0 Å². The van der Waals surface area contributed by atoms with Crippen molar-refractivity contribution in [2.45, 2.75) is 38.9 Å². The van der Waals surface area contributed by atoms with Crippen molar-refractivity contribution in [3.8, 4) is 0 Å². The van der Waals surface area contributed by atoms with Crippen LogP contribution in [0, 0.1) is 6.92 Å². The number of piperazine rings is 1. The van der Waals surface area contributed by atoms with Crippen molar-refractivity contribution in [3.05, 3.63) is 71.3 Å². The number of benzene rings is 2. The Bertz CT molecular complexity index is 619. The Hall–Kier alpha value is -1.64. The van der Waals surface area contributed by atoms with E-state index in [2.05, 4.69) is 85.6 Å². The fraction of sp³-hybridized carbons (Fsp3) is 0.400. The van der Waals surface area contributed by atoms with Gasteiger partial charge in [-0.05, 0) is 31.9 Å². The number of aryl methyl sites for hydroxylation is 1. The Morgan fingerprint density at radius 3 is 2.59 bits per heavy atom. The van der Waals surface area contributed by atoms with Gasteiger partial charge in [-0.2, -0.15) is 0 Å². The second kappa shape index (κ2) is 6.23. The highest BCUT2D eigenvalue weighted by Gasteiger charge is 2.33. The predicted octanol–water partition coefficient (Wildman–Crippen LogP) is 3.92. The van der Waals surface area contributed by atoms with E-state index in [1.54, 1.807) is 0 Å². The first-order valence-corrected chi connectivity index (χ1v) is 8.13. The SMILES string of the molecule is Cc1cccc(CN2CC(C)(C)NCC2c2ccccc2)c1. The van der Waals surface area contributed by atoms with E-state index in [0.29, 0.717) is 6.04 Å². The molecule has 0 amide bonds. The summed E-state index contributed by atoms with van der Waals surface area (Å²) in [5, 5.41) is 3.69. The number of nitrogens with one attached hydrogen (secondary N) is 1. The highest BCUT2D eigenvalue weighted by Crippen LogP contribution is 2.28. The van der Waals surface area contributed by atoms with Crippen molar-refractivity contribution in [1.82, 2.24) is 10.2 Å². The smallest absolute Gasteiger partial charge is 0.0477 e. The molecule has 0 saturated carbocycles. The predicted molar refractivity (Wildman–Crippen MR) is 92.9 cm³/mol. The fourth-order valence-electron chi connectivity index (χ4n) is 3.39. The summed E-state index contributed by atoms with van der Waals surface area (Å²) in [5.41, 5.74) is 4.30. The molecule has 0 bridgehead atoms. The van der Waals surface area contributed by atoms with Gasteiger partial charge in [0.15, 0.2) is 0 Å². The summed E-state index contributed by atoms with van der Waals surface area (Å²) in [7, 11) is 0. The number of nitrogens with zero attached hydrogens (tertiary/aromatic N) is 1. The van der Waals surface area contributed by atoms with Crippen molar-refractivity contribution in [3.63, 3.8) is 0 Å². The van der Waals surface area contributed by atoms with E-state index < -0.39 is 0 Å². The molecule has 1 fully saturated rings. The molecule has 1 atom stereocenters. The van der Waals surface area contributed by atoms with Crippen LogP contribution >= 0.6 is 0 Å². The number of hydrogen-bond donors (Lipinski definition) is 1. The zero-order valence-corrected chi connectivity index (χ0v) is 13.8. The maximum Gasteiger partial charge on any atom is 0.0477 e. The first-order valence-electron chi connectivity index (χ1n) is 8.13. The topological polar surface area (TPSA) is 15.3 Å². The highest BCUT2D eigenvalue weighted by molar-refractivity contribution is 5.24. The van der Waals surface area contributed by atoms with Gasteiger partial charge in [0, 0.05) is 31.2 Å². The molecule has 2 aromatic carbocycles. The Morgan fingerprint density at radius 1 is 1.09 bits per heavy atom. The number of hydrogen-bond acceptors (Lipinski definition) is 2. The molecule has 1 unspecified atom stereocenters. The van der Waals surface area contributed by atoms with E-state index in [-0.39, 0.29) is 5.54 Å². The minimum atomic E-state index is 0.162. The van der Waals surface area contributed by atoms with Crippen LogP contribution in [0.25, 0.3) is 0 Å². The van der Waals surface area contributed by atoms with Gasteiger partial charge in [0.1, 0.15) is 0 Å². The van der Waals surface area contributed by atoms with Crippen molar-refractivity contribution in [2.24, 2.45) is 0 Å². The third-order valence-electron chi connectivity index (χ3n) is 4.47. The molecule has 2 heteroatoms. The Balaban J connectivity index is 1.85. The second-order valence-electron chi connectivity index (χ2n) is 7.09. The lowest BCUT2D eigenvalue weighted by Crippen LogP contribution is -2.57. The van der Waals surface area contributed by atoms with E-state index in [9.17, 15) is 0 Å². The lowest BCUT2D eigenvalue weighted by molar-refractivity contribution is 0.0880. The molecule has 2 nitrogen and oxygen atoms in total. The van der Waals surface area contributed by atoms with Crippen molar-refractivity contribution < 1.29 is 0 Å². The molecule has 1 heterocycles. The zero-order valence-electron chi connectivity index (χ0n) is 13.8. The van der Waals surface area contributed by atoms with Crippen molar-refractivity contribution in [1.29, 1.82) is 0 Å². The van der Waals surface area contributed by atoms with Crippen LogP contribution in [0.5, 0.6) is 0 Å². The van der Waals surface area contributed by atoms with Crippen LogP contribution in [-0.4, -0.2) is 23.5 Å². The summed E-state index contributed by atoms with van der Waals surface area (Å²) in [6.45, 7) is 9.81. The quantitative estimate of drug-likeness (QED) is 0.923. The average Bonchev–Trinajstić information content (AvgIpc) is 2.47. The molecule has 1 aliphatic rings. The molecule has 1 aliphatic heterocycles. The number of rotatable bonds is 3. The van der Waals surface area contributed by atoms with Gasteiger partial charge < -0.3 is 5.32 Å². The van der Waals surface area contributed by atoms with Gasteiger partial charge in [-0.25, -0.2) is 0 Å². The molecule has 0 aromatic heterocycles. The van der Waals surface area contributed by atoms with Crippen LogP contribution < -0.4 is 5.32 Å². The van der Waals surface area contributed by atoms with Gasteiger partial charge in [0.2, 0.25) is 0 Å². The van der Waals surface area contributed by atoms with Gasteiger partial charge in [0.25, 0.3) is 0 Å². The molecule has 2 aromatic rings. The summed E-state index contributed by atoms with van der Waals surface area (Å²) < 4.78 is 0. The van der Waals surface area contributed by atoms with Gasteiger partial charge >= 0.3 is 0 Å². The van der Waals surface area contributed by atoms with Gasteiger partial charge in [-0.1, -0.05) is 60.2 Å². The van der Waals surface area contributed by atoms with E-state index in [0.717, 1.165) is 19.6 Å². The Kier molecular flexibility index (Phi) is 4.32. The van der Waals surface area contributed by atoms with Gasteiger partial charge in [-0.3, -0.25) is 4.90 Å². The third kappa shape index (κ3) is 3.57. The summed E-state index contributed by atoms with van der Waals surface area (Å²) in [6, 6.07) is 20.2. The van der Waals surface area contributed by atoms with E-state index in [1.807, 2.05) is 0 Å². The molecule has 22 heavy (non-hydrogen) atoms. The van der Waals surface area contributed by atoms with Crippen LogP contribution in [-0.2, 0) is 6.54 Å². The average molecular weight is 294 g/mol. The highest BCUT2D eigenvalue weighted by atomic mass is 15.2. The van der Waals surface area contributed by atoms with E-state index >= 15 is 0 Å².